The Kier molecular flexibility index (Phi) is 3.10. The van der Waals surface area contributed by atoms with E-state index >= 15 is 0 Å². The molecule has 3 heteroatoms. The van der Waals surface area contributed by atoms with Crippen molar-refractivity contribution in [2.45, 2.75) is 46.1 Å². The molecule has 1 heterocycles. The summed E-state index contributed by atoms with van der Waals surface area (Å²) < 4.78 is 2.17. The summed E-state index contributed by atoms with van der Waals surface area (Å²) in [6.45, 7) is 6.12. The molecule has 1 atom stereocenters. The van der Waals surface area contributed by atoms with Gasteiger partial charge in [0.25, 0.3) is 0 Å². The van der Waals surface area contributed by atoms with Gasteiger partial charge in [0.05, 0.1) is 5.69 Å². The van der Waals surface area contributed by atoms with E-state index in [4.69, 9.17) is 5.73 Å². The molecule has 0 radical (unpaired) electrons. The van der Waals surface area contributed by atoms with Gasteiger partial charge in [0, 0.05) is 12.2 Å². The standard InChI is InChI=1S/C12H21N3/c1-3-15-12-5-4-10(6-7-13)8-11(12)9(2)14-15/h10H,3-8,13H2,1-2H3. The summed E-state index contributed by atoms with van der Waals surface area (Å²) in [6, 6.07) is 0. The summed E-state index contributed by atoms with van der Waals surface area (Å²) in [5.41, 5.74) is 9.83. The molecule has 1 aromatic rings. The summed E-state index contributed by atoms with van der Waals surface area (Å²) in [7, 11) is 0. The highest BCUT2D eigenvalue weighted by Gasteiger charge is 2.23. The number of rotatable bonds is 3. The van der Waals surface area contributed by atoms with Crippen molar-refractivity contribution in [3.63, 3.8) is 0 Å². The van der Waals surface area contributed by atoms with Crippen molar-refractivity contribution >= 4 is 0 Å². The van der Waals surface area contributed by atoms with E-state index in [1.807, 2.05) is 0 Å². The fourth-order valence-electron chi connectivity index (χ4n) is 2.69. The minimum atomic E-state index is 0.788. The van der Waals surface area contributed by atoms with Gasteiger partial charge in [-0.2, -0.15) is 5.10 Å². The van der Waals surface area contributed by atoms with Crippen molar-refractivity contribution in [1.29, 1.82) is 0 Å². The summed E-state index contributed by atoms with van der Waals surface area (Å²) in [5.74, 6) is 0.788. The van der Waals surface area contributed by atoms with Crippen LogP contribution in [-0.4, -0.2) is 16.3 Å². The van der Waals surface area contributed by atoms with Gasteiger partial charge in [-0.05, 0) is 57.6 Å². The predicted molar refractivity (Wildman–Crippen MR) is 61.8 cm³/mol. The lowest BCUT2D eigenvalue weighted by molar-refractivity contribution is 0.421. The Morgan fingerprint density at radius 3 is 3.00 bits per heavy atom. The van der Waals surface area contributed by atoms with Crippen LogP contribution in [0.1, 0.15) is 36.7 Å². The molecule has 2 rings (SSSR count). The van der Waals surface area contributed by atoms with Crippen LogP contribution in [0.4, 0.5) is 0 Å². The largest absolute Gasteiger partial charge is 0.330 e. The Labute approximate surface area is 91.7 Å². The highest BCUT2D eigenvalue weighted by atomic mass is 15.3. The molecule has 1 unspecified atom stereocenters. The minimum absolute atomic E-state index is 0.788. The molecule has 0 saturated carbocycles. The monoisotopic (exact) mass is 207 g/mol. The molecule has 84 valence electrons. The van der Waals surface area contributed by atoms with E-state index in [0.29, 0.717) is 0 Å². The van der Waals surface area contributed by atoms with Crippen LogP contribution >= 0.6 is 0 Å². The average molecular weight is 207 g/mol. The highest BCUT2D eigenvalue weighted by Crippen LogP contribution is 2.29. The predicted octanol–water partition coefficient (Wildman–Crippen LogP) is 1.67. The lowest BCUT2D eigenvalue weighted by Crippen LogP contribution is -2.19. The first-order chi connectivity index (χ1) is 7.26. The molecule has 1 aliphatic rings. The second-order valence-corrected chi connectivity index (χ2v) is 4.51. The molecule has 1 aromatic heterocycles. The topological polar surface area (TPSA) is 43.8 Å². The smallest absolute Gasteiger partial charge is 0.0628 e. The second kappa shape index (κ2) is 4.35. The van der Waals surface area contributed by atoms with Crippen LogP contribution in [0.2, 0.25) is 0 Å². The van der Waals surface area contributed by atoms with E-state index in [1.54, 1.807) is 0 Å². The number of fused-ring (bicyclic) bond motifs is 1. The van der Waals surface area contributed by atoms with E-state index in [2.05, 4.69) is 23.6 Å². The molecule has 15 heavy (non-hydrogen) atoms. The Morgan fingerprint density at radius 2 is 2.33 bits per heavy atom. The third-order valence-electron chi connectivity index (χ3n) is 3.52. The number of nitrogens with two attached hydrogens (primary N) is 1. The minimum Gasteiger partial charge on any atom is -0.330 e. The number of hydrogen-bond acceptors (Lipinski definition) is 2. The molecular formula is C12H21N3. The van der Waals surface area contributed by atoms with Crippen molar-refractivity contribution in [3.8, 4) is 0 Å². The van der Waals surface area contributed by atoms with Crippen molar-refractivity contribution < 1.29 is 0 Å². The van der Waals surface area contributed by atoms with Gasteiger partial charge in [-0.3, -0.25) is 4.68 Å². The van der Waals surface area contributed by atoms with Crippen molar-refractivity contribution in [2.24, 2.45) is 11.7 Å². The van der Waals surface area contributed by atoms with Gasteiger partial charge in [0.15, 0.2) is 0 Å². The molecule has 0 fully saturated rings. The Morgan fingerprint density at radius 1 is 1.53 bits per heavy atom. The third kappa shape index (κ3) is 1.93. The third-order valence-corrected chi connectivity index (χ3v) is 3.52. The number of nitrogens with zero attached hydrogens (tertiary/aromatic N) is 2. The zero-order valence-electron chi connectivity index (χ0n) is 9.79. The maximum atomic E-state index is 5.63. The summed E-state index contributed by atoms with van der Waals surface area (Å²) in [5, 5.41) is 4.59. The van der Waals surface area contributed by atoms with E-state index in [9.17, 15) is 0 Å². The van der Waals surface area contributed by atoms with Crippen LogP contribution in [0.15, 0.2) is 0 Å². The Bertz CT molecular complexity index is 341. The fourth-order valence-corrected chi connectivity index (χ4v) is 2.69. The van der Waals surface area contributed by atoms with E-state index in [0.717, 1.165) is 25.4 Å². The lowest BCUT2D eigenvalue weighted by Gasteiger charge is -2.22. The molecule has 0 saturated heterocycles. The summed E-state index contributed by atoms with van der Waals surface area (Å²) in [4.78, 5) is 0. The summed E-state index contributed by atoms with van der Waals surface area (Å²) in [6.07, 6.45) is 4.83. The fraction of sp³-hybridized carbons (Fsp3) is 0.750. The van der Waals surface area contributed by atoms with E-state index in [1.165, 1.54) is 36.2 Å². The van der Waals surface area contributed by atoms with Crippen LogP contribution in [0.5, 0.6) is 0 Å². The number of aryl methyl sites for hydroxylation is 2. The van der Waals surface area contributed by atoms with Gasteiger partial charge < -0.3 is 5.73 Å². The molecule has 0 aliphatic heterocycles. The highest BCUT2D eigenvalue weighted by molar-refractivity contribution is 5.28. The SMILES string of the molecule is CCn1nc(C)c2c1CCC(CCN)C2. The van der Waals surface area contributed by atoms with Crippen LogP contribution in [-0.2, 0) is 19.4 Å². The van der Waals surface area contributed by atoms with Crippen molar-refractivity contribution in [3.05, 3.63) is 17.0 Å². The van der Waals surface area contributed by atoms with Crippen LogP contribution in [0.3, 0.4) is 0 Å². The maximum absolute atomic E-state index is 5.63. The zero-order valence-corrected chi connectivity index (χ0v) is 9.79. The van der Waals surface area contributed by atoms with Crippen LogP contribution < -0.4 is 5.73 Å². The molecule has 1 aliphatic carbocycles. The number of aromatic nitrogens is 2. The molecule has 2 N–H and O–H groups in total. The van der Waals surface area contributed by atoms with Crippen molar-refractivity contribution in [2.75, 3.05) is 6.54 Å². The van der Waals surface area contributed by atoms with Gasteiger partial charge in [-0.15, -0.1) is 0 Å². The normalized spacial score (nSPS) is 20.3. The molecular weight excluding hydrogens is 186 g/mol. The van der Waals surface area contributed by atoms with Gasteiger partial charge >= 0.3 is 0 Å². The van der Waals surface area contributed by atoms with Gasteiger partial charge in [-0.25, -0.2) is 0 Å². The Balaban J connectivity index is 2.22. The van der Waals surface area contributed by atoms with Crippen LogP contribution in [0.25, 0.3) is 0 Å². The second-order valence-electron chi connectivity index (χ2n) is 4.51. The average Bonchev–Trinajstić information content (AvgIpc) is 2.56. The van der Waals surface area contributed by atoms with E-state index in [-0.39, 0.29) is 0 Å². The molecule has 3 nitrogen and oxygen atoms in total. The van der Waals surface area contributed by atoms with E-state index < -0.39 is 0 Å². The van der Waals surface area contributed by atoms with Crippen LogP contribution in [0, 0.1) is 12.8 Å². The first-order valence-electron chi connectivity index (χ1n) is 6.01. The first kappa shape index (κ1) is 10.7. The Hall–Kier alpha value is -0.830. The molecule has 0 spiro atoms. The molecule has 0 aromatic carbocycles. The number of hydrogen-bond donors (Lipinski definition) is 1. The molecule has 0 amide bonds. The zero-order chi connectivity index (χ0) is 10.8. The van der Waals surface area contributed by atoms with Gasteiger partial charge in [0.2, 0.25) is 0 Å². The first-order valence-corrected chi connectivity index (χ1v) is 6.01. The van der Waals surface area contributed by atoms with Gasteiger partial charge in [-0.1, -0.05) is 0 Å². The van der Waals surface area contributed by atoms with Crippen molar-refractivity contribution in [1.82, 2.24) is 9.78 Å². The lowest BCUT2D eigenvalue weighted by atomic mass is 9.84. The molecule has 0 bridgehead atoms. The van der Waals surface area contributed by atoms with Gasteiger partial charge in [0.1, 0.15) is 0 Å². The quantitative estimate of drug-likeness (QED) is 0.819. The summed E-state index contributed by atoms with van der Waals surface area (Å²) >= 11 is 0. The maximum Gasteiger partial charge on any atom is 0.0628 e.